The van der Waals surface area contributed by atoms with E-state index in [1.807, 2.05) is 29.2 Å². The van der Waals surface area contributed by atoms with Crippen molar-refractivity contribution in [3.63, 3.8) is 0 Å². The summed E-state index contributed by atoms with van der Waals surface area (Å²) in [6, 6.07) is 10.9. The van der Waals surface area contributed by atoms with Crippen LogP contribution in [-0.2, 0) is 22.7 Å². The molecule has 1 atom stereocenters. The molecule has 3 rings (SSSR count). The van der Waals surface area contributed by atoms with Gasteiger partial charge in [-0.1, -0.05) is 29.8 Å². The number of nitrogens with zero attached hydrogens (tertiary/aromatic N) is 1. The zero-order valence-corrected chi connectivity index (χ0v) is 17.4. The lowest BCUT2D eigenvalue weighted by molar-refractivity contribution is -0.121. The van der Waals surface area contributed by atoms with E-state index >= 15 is 0 Å². The normalized spacial score (nSPS) is 16.6. The molecule has 1 aromatic carbocycles. The fourth-order valence-corrected chi connectivity index (χ4v) is 3.82. The maximum absolute atomic E-state index is 12.7. The highest BCUT2D eigenvalue weighted by Crippen LogP contribution is 2.23. The summed E-state index contributed by atoms with van der Waals surface area (Å²) in [5.41, 5.74) is 0.906. The van der Waals surface area contributed by atoms with Gasteiger partial charge in [0, 0.05) is 38.2 Å². The number of furan rings is 1. The van der Waals surface area contributed by atoms with Crippen molar-refractivity contribution in [3.05, 3.63) is 58.5 Å². The van der Waals surface area contributed by atoms with Gasteiger partial charge in [-0.05, 0) is 48.9 Å². The van der Waals surface area contributed by atoms with Crippen LogP contribution in [0.2, 0.25) is 5.02 Å². The van der Waals surface area contributed by atoms with Crippen LogP contribution in [0.5, 0.6) is 0 Å². The SMILES string of the molecule is COCc1ccc(C(=O)N2CCCC(CCC(=O)NCc3ccccc3Cl)C2)o1. The Morgan fingerprint density at radius 2 is 2.10 bits per heavy atom. The minimum absolute atomic E-state index is 0.00334. The molecule has 1 N–H and O–H groups in total. The van der Waals surface area contributed by atoms with Gasteiger partial charge in [0.25, 0.3) is 5.91 Å². The molecule has 0 bridgehead atoms. The van der Waals surface area contributed by atoms with E-state index in [1.165, 1.54) is 0 Å². The third-order valence-electron chi connectivity index (χ3n) is 5.18. The molecule has 156 valence electrons. The van der Waals surface area contributed by atoms with Crippen LogP contribution in [0, 0.1) is 5.92 Å². The van der Waals surface area contributed by atoms with Crippen molar-refractivity contribution in [1.82, 2.24) is 10.2 Å². The van der Waals surface area contributed by atoms with Crippen molar-refractivity contribution >= 4 is 23.4 Å². The molecule has 0 saturated carbocycles. The molecule has 0 spiro atoms. The van der Waals surface area contributed by atoms with Crippen LogP contribution < -0.4 is 5.32 Å². The Labute approximate surface area is 176 Å². The number of carbonyl (C=O) groups excluding carboxylic acids is 2. The summed E-state index contributed by atoms with van der Waals surface area (Å²) in [5, 5.41) is 3.58. The average molecular weight is 419 g/mol. The second kappa shape index (κ2) is 10.5. The van der Waals surface area contributed by atoms with Crippen molar-refractivity contribution in [3.8, 4) is 0 Å². The molecule has 1 unspecified atom stereocenters. The van der Waals surface area contributed by atoms with E-state index in [-0.39, 0.29) is 11.8 Å². The Kier molecular flexibility index (Phi) is 7.72. The van der Waals surface area contributed by atoms with E-state index < -0.39 is 0 Å². The zero-order chi connectivity index (χ0) is 20.6. The molecule has 1 aliphatic heterocycles. The highest BCUT2D eigenvalue weighted by atomic mass is 35.5. The lowest BCUT2D eigenvalue weighted by Gasteiger charge is -2.32. The first-order valence-corrected chi connectivity index (χ1v) is 10.3. The van der Waals surface area contributed by atoms with Gasteiger partial charge in [0.1, 0.15) is 12.4 Å². The third kappa shape index (κ3) is 6.08. The van der Waals surface area contributed by atoms with Crippen LogP contribution in [0.4, 0.5) is 0 Å². The van der Waals surface area contributed by atoms with Crippen molar-refractivity contribution in [1.29, 1.82) is 0 Å². The molecule has 2 aromatic rings. The van der Waals surface area contributed by atoms with E-state index in [4.69, 9.17) is 20.8 Å². The summed E-state index contributed by atoms with van der Waals surface area (Å²) in [6.07, 6.45) is 3.15. The summed E-state index contributed by atoms with van der Waals surface area (Å²) in [4.78, 5) is 26.7. The second-order valence-corrected chi connectivity index (χ2v) is 7.77. The first-order chi connectivity index (χ1) is 14.1. The molecule has 0 aliphatic carbocycles. The predicted molar refractivity (Wildman–Crippen MR) is 111 cm³/mol. The average Bonchev–Trinajstić information content (AvgIpc) is 3.20. The minimum Gasteiger partial charge on any atom is -0.453 e. The Balaban J connectivity index is 1.44. The van der Waals surface area contributed by atoms with Crippen molar-refractivity contribution in [2.24, 2.45) is 5.92 Å². The van der Waals surface area contributed by atoms with Crippen LogP contribution in [0.3, 0.4) is 0 Å². The van der Waals surface area contributed by atoms with Crippen molar-refractivity contribution in [2.75, 3.05) is 20.2 Å². The van der Waals surface area contributed by atoms with Crippen molar-refractivity contribution in [2.45, 2.75) is 38.8 Å². The molecular formula is C22H27ClN2O4. The number of ether oxygens (including phenoxy) is 1. The van der Waals surface area contributed by atoms with Crippen LogP contribution in [0.15, 0.2) is 40.8 Å². The molecule has 2 amide bonds. The Hall–Kier alpha value is -2.31. The fraction of sp³-hybridized carbons (Fsp3) is 0.455. The molecule has 7 heteroatoms. The van der Waals surface area contributed by atoms with Gasteiger partial charge in [-0.25, -0.2) is 0 Å². The zero-order valence-electron chi connectivity index (χ0n) is 16.7. The third-order valence-corrected chi connectivity index (χ3v) is 5.55. The number of amides is 2. The Morgan fingerprint density at radius 1 is 1.28 bits per heavy atom. The summed E-state index contributed by atoms with van der Waals surface area (Å²) < 4.78 is 10.6. The van der Waals surface area contributed by atoms with Crippen LogP contribution >= 0.6 is 11.6 Å². The monoisotopic (exact) mass is 418 g/mol. The van der Waals surface area contributed by atoms with Crippen LogP contribution in [0.1, 0.15) is 47.6 Å². The maximum atomic E-state index is 12.7. The lowest BCUT2D eigenvalue weighted by Crippen LogP contribution is -2.40. The van der Waals surface area contributed by atoms with Gasteiger partial charge in [-0.2, -0.15) is 0 Å². The molecule has 0 radical (unpaired) electrons. The molecule has 1 aromatic heterocycles. The topological polar surface area (TPSA) is 71.8 Å². The van der Waals surface area contributed by atoms with E-state index in [1.54, 1.807) is 19.2 Å². The molecule has 2 heterocycles. The van der Waals surface area contributed by atoms with Gasteiger partial charge >= 0.3 is 0 Å². The lowest BCUT2D eigenvalue weighted by atomic mass is 9.93. The van der Waals surface area contributed by atoms with E-state index in [2.05, 4.69) is 5.32 Å². The minimum atomic E-state index is -0.0970. The highest BCUT2D eigenvalue weighted by Gasteiger charge is 2.26. The maximum Gasteiger partial charge on any atom is 0.289 e. The number of nitrogens with one attached hydrogen (secondary N) is 1. The number of carbonyl (C=O) groups is 2. The quantitative estimate of drug-likeness (QED) is 0.702. The van der Waals surface area contributed by atoms with Crippen LogP contribution in [-0.4, -0.2) is 36.9 Å². The van der Waals surface area contributed by atoms with E-state index in [0.29, 0.717) is 55.1 Å². The summed E-state index contributed by atoms with van der Waals surface area (Å²) >= 11 is 6.12. The second-order valence-electron chi connectivity index (χ2n) is 7.37. The van der Waals surface area contributed by atoms with Gasteiger partial charge in [0.15, 0.2) is 5.76 Å². The Bertz CT molecular complexity index is 836. The van der Waals surface area contributed by atoms with Gasteiger partial charge in [-0.3, -0.25) is 9.59 Å². The Morgan fingerprint density at radius 3 is 2.90 bits per heavy atom. The number of likely N-dealkylation sites (tertiary alicyclic amines) is 1. The van der Waals surface area contributed by atoms with Crippen LogP contribution in [0.25, 0.3) is 0 Å². The van der Waals surface area contributed by atoms with E-state index in [0.717, 1.165) is 24.8 Å². The van der Waals surface area contributed by atoms with Gasteiger partial charge in [0.05, 0.1) is 0 Å². The largest absolute Gasteiger partial charge is 0.453 e. The number of hydrogen-bond donors (Lipinski definition) is 1. The molecule has 1 fully saturated rings. The number of halogens is 1. The smallest absolute Gasteiger partial charge is 0.289 e. The van der Waals surface area contributed by atoms with Gasteiger partial charge < -0.3 is 19.4 Å². The molecular weight excluding hydrogens is 392 g/mol. The number of rotatable bonds is 8. The number of benzene rings is 1. The van der Waals surface area contributed by atoms with Gasteiger partial charge in [0.2, 0.25) is 5.91 Å². The summed E-state index contributed by atoms with van der Waals surface area (Å²) in [7, 11) is 1.59. The summed E-state index contributed by atoms with van der Waals surface area (Å²) in [6.45, 7) is 2.14. The molecule has 6 nitrogen and oxygen atoms in total. The highest BCUT2D eigenvalue weighted by molar-refractivity contribution is 6.31. The van der Waals surface area contributed by atoms with Gasteiger partial charge in [-0.15, -0.1) is 0 Å². The summed E-state index contributed by atoms with van der Waals surface area (Å²) in [5.74, 6) is 1.20. The number of hydrogen-bond acceptors (Lipinski definition) is 4. The number of methoxy groups -OCH3 is 1. The molecule has 1 aliphatic rings. The number of piperidine rings is 1. The van der Waals surface area contributed by atoms with Crippen molar-refractivity contribution < 1.29 is 18.7 Å². The predicted octanol–water partition coefficient (Wildman–Crippen LogP) is 4.03. The fourth-order valence-electron chi connectivity index (χ4n) is 3.61. The molecule has 29 heavy (non-hydrogen) atoms. The standard InChI is InChI=1S/C22H27ClN2O4/c1-28-15-18-9-10-20(29-18)22(27)25-12-4-5-16(14-25)8-11-21(26)24-13-17-6-2-3-7-19(17)23/h2-3,6-7,9-10,16H,4-5,8,11-15H2,1H3,(H,24,26). The first-order valence-electron chi connectivity index (χ1n) is 9.94. The van der Waals surface area contributed by atoms with E-state index in [9.17, 15) is 9.59 Å². The first kappa shape index (κ1) is 21.4. The molecule has 1 saturated heterocycles.